The van der Waals surface area contributed by atoms with Crippen LogP contribution in [0.1, 0.15) is 28.9 Å². The second-order valence-corrected chi connectivity index (χ2v) is 6.50. The first-order valence-corrected chi connectivity index (χ1v) is 8.95. The molecule has 0 fully saturated rings. The Balaban J connectivity index is 1.37. The highest BCUT2D eigenvalue weighted by molar-refractivity contribution is 5.92. The zero-order chi connectivity index (χ0) is 19.5. The number of rotatable bonds is 5. The molecule has 0 bridgehead atoms. The van der Waals surface area contributed by atoms with Crippen LogP contribution in [0.3, 0.4) is 0 Å². The summed E-state index contributed by atoms with van der Waals surface area (Å²) >= 11 is 0. The van der Waals surface area contributed by atoms with Crippen LogP contribution >= 0.6 is 0 Å². The lowest BCUT2D eigenvalue weighted by atomic mass is 10.00. The number of amides is 1. The first-order chi connectivity index (χ1) is 13.6. The number of nitrogens with one attached hydrogen (secondary N) is 1. The molecule has 1 N–H and O–H groups in total. The molecule has 1 amide bonds. The second kappa shape index (κ2) is 7.60. The van der Waals surface area contributed by atoms with E-state index in [9.17, 15) is 9.59 Å². The van der Waals surface area contributed by atoms with Crippen molar-refractivity contribution in [1.29, 1.82) is 0 Å². The van der Waals surface area contributed by atoms with Crippen molar-refractivity contribution < 1.29 is 23.8 Å². The van der Waals surface area contributed by atoms with Gasteiger partial charge in [0.05, 0.1) is 11.6 Å². The van der Waals surface area contributed by atoms with Crippen LogP contribution < -0.4 is 14.8 Å². The lowest BCUT2D eigenvalue weighted by molar-refractivity contribution is -0.124. The zero-order valence-corrected chi connectivity index (χ0v) is 15.3. The third kappa shape index (κ3) is 3.62. The third-order valence-corrected chi connectivity index (χ3v) is 4.61. The van der Waals surface area contributed by atoms with Crippen molar-refractivity contribution in [2.24, 2.45) is 0 Å². The van der Waals surface area contributed by atoms with Gasteiger partial charge in [-0.05, 0) is 41.5 Å². The van der Waals surface area contributed by atoms with Crippen molar-refractivity contribution in [2.45, 2.75) is 13.0 Å². The molecule has 6 heteroatoms. The molecule has 0 spiro atoms. The summed E-state index contributed by atoms with van der Waals surface area (Å²) in [5.74, 6) is 0.113. The van der Waals surface area contributed by atoms with Crippen molar-refractivity contribution in [2.75, 3.05) is 13.4 Å². The minimum Gasteiger partial charge on any atom is -0.454 e. The Kier molecular flexibility index (Phi) is 4.85. The fourth-order valence-electron chi connectivity index (χ4n) is 3.23. The van der Waals surface area contributed by atoms with Gasteiger partial charge < -0.3 is 19.5 Å². The van der Waals surface area contributed by atoms with Gasteiger partial charge in [0.1, 0.15) is 0 Å². The Morgan fingerprint density at radius 1 is 1.04 bits per heavy atom. The summed E-state index contributed by atoms with van der Waals surface area (Å²) in [4.78, 5) is 24.4. The number of hydrogen-bond donors (Lipinski definition) is 1. The molecule has 0 radical (unpaired) electrons. The van der Waals surface area contributed by atoms with Gasteiger partial charge in [-0.25, -0.2) is 4.79 Å². The lowest BCUT2D eigenvalue weighted by Gasteiger charge is -2.16. The second-order valence-electron chi connectivity index (χ2n) is 6.50. The number of carbonyl (C=O) groups is 2. The van der Waals surface area contributed by atoms with Crippen LogP contribution in [0.5, 0.6) is 11.5 Å². The van der Waals surface area contributed by atoms with Crippen molar-refractivity contribution in [1.82, 2.24) is 5.32 Å². The van der Waals surface area contributed by atoms with E-state index in [-0.39, 0.29) is 25.3 Å². The smallest absolute Gasteiger partial charge is 0.338 e. The largest absolute Gasteiger partial charge is 0.454 e. The minimum absolute atomic E-state index is 0.127. The van der Waals surface area contributed by atoms with Crippen LogP contribution in [-0.4, -0.2) is 25.3 Å². The number of carbonyl (C=O) groups excluding carboxylic acids is 2. The highest BCUT2D eigenvalue weighted by Gasteiger charge is 2.18. The van der Waals surface area contributed by atoms with Crippen molar-refractivity contribution in [3.63, 3.8) is 0 Å². The van der Waals surface area contributed by atoms with Crippen molar-refractivity contribution in [3.8, 4) is 11.5 Å². The van der Waals surface area contributed by atoms with E-state index in [1.807, 2.05) is 49.4 Å². The van der Waals surface area contributed by atoms with E-state index in [2.05, 4.69) is 5.32 Å². The van der Waals surface area contributed by atoms with Gasteiger partial charge in [0.2, 0.25) is 6.79 Å². The monoisotopic (exact) mass is 377 g/mol. The van der Waals surface area contributed by atoms with E-state index in [1.165, 1.54) is 0 Å². The lowest BCUT2D eigenvalue weighted by Crippen LogP contribution is -2.31. The van der Waals surface area contributed by atoms with Crippen LogP contribution in [0.4, 0.5) is 0 Å². The topological polar surface area (TPSA) is 73.9 Å². The molecule has 0 saturated heterocycles. The quantitative estimate of drug-likeness (QED) is 0.688. The molecule has 1 atom stereocenters. The average molecular weight is 377 g/mol. The predicted molar refractivity (Wildman–Crippen MR) is 103 cm³/mol. The number of ether oxygens (including phenoxy) is 3. The van der Waals surface area contributed by atoms with Gasteiger partial charge in [-0.1, -0.05) is 42.5 Å². The molecule has 142 valence electrons. The maximum absolute atomic E-state index is 12.3. The highest BCUT2D eigenvalue weighted by atomic mass is 16.7. The number of hydrogen-bond acceptors (Lipinski definition) is 5. The van der Waals surface area contributed by atoms with Crippen LogP contribution in [0, 0.1) is 0 Å². The van der Waals surface area contributed by atoms with Crippen LogP contribution in [-0.2, 0) is 9.53 Å². The standard InChI is InChI=1S/C22H19NO5/c1-14(17-8-4-6-15-5-2-3-7-18(15)17)23-21(24)12-26-22(25)16-9-10-19-20(11-16)28-13-27-19/h2-11,14H,12-13H2,1H3,(H,23,24)/t14-/m1/s1. The molecule has 6 nitrogen and oxygen atoms in total. The average Bonchev–Trinajstić information content (AvgIpc) is 3.19. The van der Waals surface area contributed by atoms with Gasteiger partial charge in [-0.15, -0.1) is 0 Å². The Bertz CT molecular complexity index is 1040. The number of esters is 1. The Morgan fingerprint density at radius 3 is 2.71 bits per heavy atom. The van der Waals surface area contributed by atoms with Gasteiger partial charge in [0.25, 0.3) is 5.91 Å². The summed E-state index contributed by atoms with van der Waals surface area (Å²) < 4.78 is 15.6. The molecule has 1 aliphatic rings. The van der Waals surface area contributed by atoms with E-state index in [0.717, 1.165) is 16.3 Å². The van der Waals surface area contributed by atoms with Crippen molar-refractivity contribution in [3.05, 3.63) is 71.8 Å². The molecule has 0 unspecified atom stereocenters. The molecule has 1 aliphatic heterocycles. The maximum Gasteiger partial charge on any atom is 0.338 e. The molecule has 4 rings (SSSR count). The SMILES string of the molecule is C[C@@H](NC(=O)COC(=O)c1ccc2c(c1)OCO2)c1cccc2ccccc12. The van der Waals surface area contributed by atoms with Crippen LogP contribution in [0.15, 0.2) is 60.7 Å². The summed E-state index contributed by atoms with van der Waals surface area (Å²) in [7, 11) is 0. The number of benzene rings is 3. The van der Waals surface area contributed by atoms with E-state index >= 15 is 0 Å². The van der Waals surface area contributed by atoms with E-state index < -0.39 is 5.97 Å². The minimum atomic E-state index is -0.591. The molecule has 0 saturated carbocycles. The Hall–Kier alpha value is -3.54. The molecule has 3 aromatic carbocycles. The molecule has 0 aromatic heterocycles. The van der Waals surface area contributed by atoms with Gasteiger partial charge in [0.15, 0.2) is 18.1 Å². The fourth-order valence-corrected chi connectivity index (χ4v) is 3.23. The van der Waals surface area contributed by atoms with Gasteiger partial charge in [0, 0.05) is 0 Å². The van der Waals surface area contributed by atoms with Gasteiger partial charge in [-0.3, -0.25) is 4.79 Å². The van der Waals surface area contributed by atoms with E-state index in [0.29, 0.717) is 17.1 Å². The molecule has 0 aliphatic carbocycles. The summed E-state index contributed by atoms with van der Waals surface area (Å²) in [5.41, 5.74) is 1.31. The fraction of sp³-hybridized carbons (Fsp3) is 0.182. The first-order valence-electron chi connectivity index (χ1n) is 8.95. The normalized spacial score (nSPS) is 13.2. The first kappa shape index (κ1) is 17.9. The molecule has 3 aromatic rings. The molecule has 28 heavy (non-hydrogen) atoms. The van der Waals surface area contributed by atoms with E-state index in [4.69, 9.17) is 14.2 Å². The summed E-state index contributed by atoms with van der Waals surface area (Å²) in [6.07, 6.45) is 0. The number of fused-ring (bicyclic) bond motifs is 2. The van der Waals surface area contributed by atoms with Gasteiger partial charge in [-0.2, -0.15) is 0 Å². The molecular weight excluding hydrogens is 358 g/mol. The zero-order valence-electron chi connectivity index (χ0n) is 15.3. The summed E-state index contributed by atoms with van der Waals surface area (Å²) in [6, 6.07) is 18.5. The van der Waals surface area contributed by atoms with Crippen molar-refractivity contribution >= 4 is 22.6 Å². The van der Waals surface area contributed by atoms with Gasteiger partial charge >= 0.3 is 5.97 Å². The van der Waals surface area contributed by atoms with E-state index in [1.54, 1.807) is 18.2 Å². The Labute approximate surface area is 162 Å². The summed E-state index contributed by atoms with van der Waals surface area (Å²) in [6.45, 7) is 1.67. The maximum atomic E-state index is 12.3. The summed E-state index contributed by atoms with van der Waals surface area (Å²) in [5, 5.41) is 5.06. The third-order valence-electron chi connectivity index (χ3n) is 4.61. The van der Waals surface area contributed by atoms with Crippen LogP contribution in [0.25, 0.3) is 10.8 Å². The molecular formula is C22H19NO5. The predicted octanol–water partition coefficient (Wildman–Crippen LogP) is 3.60. The highest BCUT2D eigenvalue weighted by Crippen LogP contribution is 2.32. The Morgan fingerprint density at radius 2 is 1.82 bits per heavy atom. The van der Waals surface area contributed by atoms with Crippen LogP contribution in [0.2, 0.25) is 0 Å². The molecule has 1 heterocycles.